The summed E-state index contributed by atoms with van der Waals surface area (Å²) in [7, 11) is 3.17. The highest BCUT2D eigenvalue weighted by atomic mass is 16.5. The van der Waals surface area contributed by atoms with Crippen molar-refractivity contribution in [3.63, 3.8) is 0 Å². The second-order valence-electron chi connectivity index (χ2n) is 5.83. The molecule has 8 heteroatoms. The van der Waals surface area contributed by atoms with Crippen molar-refractivity contribution in [2.24, 2.45) is 0 Å². The SMILES string of the molecule is COc1ccc(OC)c(COc2ccc(C=C3C(=O)NC(=O)NC3=O)cc2)c1. The van der Waals surface area contributed by atoms with E-state index in [9.17, 15) is 14.4 Å². The average Bonchev–Trinajstić information content (AvgIpc) is 2.69. The summed E-state index contributed by atoms with van der Waals surface area (Å²) >= 11 is 0. The number of hydrogen-bond acceptors (Lipinski definition) is 6. The highest BCUT2D eigenvalue weighted by Gasteiger charge is 2.27. The molecule has 0 unspecified atom stereocenters. The highest BCUT2D eigenvalue weighted by Crippen LogP contribution is 2.25. The van der Waals surface area contributed by atoms with Crippen molar-refractivity contribution < 1.29 is 28.6 Å². The van der Waals surface area contributed by atoms with Crippen LogP contribution in [-0.2, 0) is 16.2 Å². The van der Waals surface area contributed by atoms with Gasteiger partial charge in [0.25, 0.3) is 11.8 Å². The predicted molar refractivity (Wildman–Crippen MR) is 100.0 cm³/mol. The van der Waals surface area contributed by atoms with Gasteiger partial charge in [0, 0.05) is 5.56 Å². The quantitative estimate of drug-likeness (QED) is 0.585. The zero-order valence-electron chi connectivity index (χ0n) is 15.3. The summed E-state index contributed by atoms with van der Waals surface area (Å²) in [5.41, 5.74) is 1.30. The molecule has 28 heavy (non-hydrogen) atoms. The van der Waals surface area contributed by atoms with Gasteiger partial charge in [-0.1, -0.05) is 12.1 Å². The van der Waals surface area contributed by atoms with Gasteiger partial charge in [0.05, 0.1) is 14.2 Å². The van der Waals surface area contributed by atoms with Crippen LogP contribution in [0.3, 0.4) is 0 Å². The highest BCUT2D eigenvalue weighted by molar-refractivity contribution is 6.31. The first-order valence-corrected chi connectivity index (χ1v) is 8.32. The Hall–Kier alpha value is -3.81. The molecule has 0 atom stereocenters. The van der Waals surface area contributed by atoms with Crippen LogP contribution in [0.1, 0.15) is 11.1 Å². The van der Waals surface area contributed by atoms with E-state index < -0.39 is 17.8 Å². The van der Waals surface area contributed by atoms with Crippen LogP contribution < -0.4 is 24.8 Å². The molecule has 0 bridgehead atoms. The maximum absolute atomic E-state index is 11.8. The summed E-state index contributed by atoms with van der Waals surface area (Å²) in [4.78, 5) is 34.6. The Morgan fingerprint density at radius 3 is 2.11 bits per heavy atom. The van der Waals surface area contributed by atoms with Crippen LogP contribution in [-0.4, -0.2) is 32.1 Å². The molecule has 0 aliphatic carbocycles. The van der Waals surface area contributed by atoms with Gasteiger partial charge in [-0.2, -0.15) is 0 Å². The molecular weight excluding hydrogens is 364 g/mol. The summed E-state index contributed by atoms with van der Waals surface area (Å²) in [6.45, 7) is 0.272. The smallest absolute Gasteiger partial charge is 0.328 e. The van der Waals surface area contributed by atoms with Crippen LogP contribution in [0.2, 0.25) is 0 Å². The summed E-state index contributed by atoms with van der Waals surface area (Å²) in [6, 6.07) is 11.4. The van der Waals surface area contributed by atoms with Crippen molar-refractivity contribution in [2.45, 2.75) is 6.61 Å². The minimum absolute atomic E-state index is 0.144. The number of carbonyl (C=O) groups excluding carboxylic acids is 3. The molecule has 4 amide bonds. The fourth-order valence-corrected chi connectivity index (χ4v) is 2.59. The number of carbonyl (C=O) groups is 3. The lowest BCUT2D eigenvalue weighted by Crippen LogP contribution is -2.51. The third-order valence-corrected chi connectivity index (χ3v) is 4.02. The van der Waals surface area contributed by atoms with E-state index in [1.54, 1.807) is 50.6 Å². The molecule has 1 heterocycles. The molecule has 0 saturated carbocycles. The van der Waals surface area contributed by atoms with E-state index in [0.29, 0.717) is 22.8 Å². The molecule has 2 N–H and O–H groups in total. The zero-order chi connectivity index (χ0) is 20.1. The predicted octanol–water partition coefficient (Wildman–Crippen LogP) is 2.03. The van der Waals surface area contributed by atoms with Crippen LogP contribution in [0, 0.1) is 0 Å². The molecule has 0 spiro atoms. The van der Waals surface area contributed by atoms with Gasteiger partial charge in [-0.25, -0.2) is 4.79 Å². The number of nitrogens with one attached hydrogen (secondary N) is 2. The fraction of sp³-hybridized carbons (Fsp3) is 0.150. The number of amides is 4. The van der Waals surface area contributed by atoms with Gasteiger partial charge in [0.15, 0.2) is 0 Å². The van der Waals surface area contributed by atoms with Crippen molar-refractivity contribution >= 4 is 23.9 Å². The van der Waals surface area contributed by atoms with Gasteiger partial charge in [-0.15, -0.1) is 0 Å². The van der Waals surface area contributed by atoms with E-state index >= 15 is 0 Å². The number of urea groups is 1. The van der Waals surface area contributed by atoms with Crippen LogP contribution in [0.15, 0.2) is 48.0 Å². The van der Waals surface area contributed by atoms with Crippen molar-refractivity contribution in [3.05, 3.63) is 59.2 Å². The molecule has 8 nitrogen and oxygen atoms in total. The lowest BCUT2D eigenvalue weighted by molar-refractivity contribution is -0.123. The normalized spacial score (nSPS) is 13.5. The lowest BCUT2D eigenvalue weighted by atomic mass is 10.1. The Bertz CT molecular complexity index is 928. The van der Waals surface area contributed by atoms with Gasteiger partial charge in [0.2, 0.25) is 0 Å². The summed E-state index contributed by atoms with van der Waals surface area (Å²) < 4.78 is 16.3. The van der Waals surface area contributed by atoms with E-state index in [1.807, 2.05) is 16.7 Å². The summed E-state index contributed by atoms with van der Waals surface area (Å²) in [6.07, 6.45) is 1.39. The van der Waals surface area contributed by atoms with Crippen LogP contribution in [0.4, 0.5) is 4.79 Å². The van der Waals surface area contributed by atoms with Crippen molar-refractivity contribution in [1.82, 2.24) is 10.6 Å². The number of barbiturate groups is 1. The molecule has 3 rings (SSSR count). The van der Waals surface area contributed by atoms with Crippen molar-refractivity contribution in [1.29, 1.82) is 0 Å². The minimum atomic E-state index is -0.830. The molecule has 2 aromatic rings. The second kappa shape index (κ2) is 8.26. The van der Waals surface area contributed by atoms with E-state index in [4.69, 9.17) is 14.2 Å². The van der Waals surface area contributed by atoms with Crippen LogP contribution in [0.5, 0.6) is 17.2 Å². The Kier molecular flexibility index (Phi) is 5.59. The van der Waals surface area contributed by atoms with E-state index in [2.05, 4.69) is 0 Å². The molecule has 1 aliphatic heterocycles. The molecule has 2 aromatic carbocycles. The molecule has 0 aromatic heterocycles. The zero-order valence-corrected chi connectivity index (χ0v) is 15.3. The number of rotatable bonds is 6. The standard InChI is InChI=1S/C20H18N2O6/c1-26-15-7-8-17(27-2)13(10-15)11-28-14-5-3-12(4-6-14)9-16-18(23)21-20(25)22-19(16)24/h3-10H,11H2,1-2H3,(H2,21,22,23,24,25). The number of hydrogen-bond donors (Lipinski definition) is 2. The minimum Gasteiger partial charge on any atom is -0.497 e. The molecule has 1 fully saturated rings. The van der Waals surface area contributed by atoms with E-state index in [1.165, 1.54) is 6.08 Å². The van der Waals surface area contributed by atoms with Crippen LogP contribution >= 0.6 is 0 Å². The Balaban J connectivity index is 1.70. The van der Waals surface area contributed by atoms with Gasteiger partial charge in [-0.05, 0) is 42.0 Å². The van der Waals surface area contributed by atoms with Gasteiger partial charge >= 0.3 is 6.03 Å². The van der Waals surface area contributed by atoms with Crippen molar-refractivity contribution in [2.75, 3.05) is 14.2 Å². The molecular formula is C20H18N2O6. The summed E-state index contributed by atoms with van der Waals surface area (Å²) in [5.74, 6) is 0.507. The van der Waals surface area contributed by atoms with Gasteiger partial charge in [-0.3, -0.25) is 20.2 Å². The molecule has 0 radical (unpaired) electrons. The average molecular weight is 382 g/mol. The van der Waals surface area contributed by atoms with Gasteiger partial charge < -0.3 is 14.2 Å². The van der Waals surface area contributed by atoms with E-state index in [0.717, 1.165) is 5.56 Å². The Morgan fingerprint density at radius 1 is 0.857 bits per heavy atom. The third-order valence-electron chi connectivity index (χ3n) is 4.02. The van der Waals surface area contributed by atoms with Gasteiger partial charge in [0.1, 0.15) is 29.4 Å². The maximum Gasteiger partial charge on any atom is 0.328 e. The van der Waals surface area contributed by atoms with Crippen molar-refractivity contribution in [3.8, 4) is 17.2 Å². The molecule has 144 valence electrons. The van der Waals surface area contributed by atoms with Crippen LogP contribution in [0.25, 0.3) is 6.08 Å². The first-order chi connectivity index (χ1) is 13.5. The first kappa shape index (κ1) is 19.0. The monoisotopic (exact) mass is 382 g/mol. The number of ether oxygens (including phenoxy) is 3. The maximum atomic E-state index is 11.8. The number of benzene rings is 2. The number of imide groups is 2. The first-order valence-electron chi connectivity index (χ1n) is 8.32. The summed E-state index contributed by atoms with van der Waals surface area (Å²) in [5, 5.41) is 4.05. The lowest BCUT2D eigenvalue weighted by Gasteiger charge is -2.14. The second-order valence-corrected chi connectivity index (χ2v) is 5.83. The third kappa shape index (κ3) is 4.29. The largest absolute Gasteiger partial charge is 0.497 e. The fourth-order valence-electron chi connectivity index (χ4n) is 2.59. The molecule has 1 aliphatic rings. The molecule has 1 saturated heterocycles. The Labute approximate surface area is 161 Å². The topological polar surface area (TPSA) is 103 Å². The Morgan fingerprint density at radius 2 is 1.50 bits per heavy atom. The van der Waals surface area contributed by atoms with E-state index in [-0.39, 0.29) is 12.2 Å². The number of methoxy groups -OCH3 is 2.